The first-order valence-corrected chi connectivity index (χ1v) is 5.45. The molecule has 0 fully saturated rings. The van der Waals surface area contributed by atoms with E-state index in [2.05, 4.69) is 0 Å². The lowest BCUT2D eigenvalue weighted by atomic mass is 10.1. The van der Waals surface area contributed by atoms with E-state index in [1.807, 2.05) is 18.9 Å². The van der Waals surface area contributed by atoms with Gasteiger partial charge in [-0.1, -0.05) is 6.07 Å². The normalized spacial score (nSPS) is 13.1. The first kappa shape index (κ1) is 12.9. The van der Waals surface area contributed by atoms with E-state index < -0.39 is 0 Å². The predicted molar refractivity (Wildman–Crippen MR) is 62.8 cm³/mol. The summed E-state index contributed by atoms with van der Waals surface area (Å²) in [5.74, 6) is -0.412. The lowest BCUT2D eigenvalue weighted by Crippen LogP contribution is -2.25. The van der Waals surface area contributed by atoms with Crippen molar-refractivity contribution in [3.63, 3.8) is 0 Å². The van der Waals surface area contributed by atoms with Crippen LogP contribution >= 0.6 is 0 Å². The molecule has 4 heteroatoms. The molecule has 1 aromatic rings. The number of hydrogen-bond donors (Lipinski definition) is 2. The molecule has 0 saturated heterocycles. The van der Waals surface area contributed by atoms with E-state index in [1.54, 1.807) is 6.07 Å². The second-order valence-corrected chi connectivity index (χ2v) is 4.00. The number of rotatable bonds is 5. The molecular formula is C12H19FN2O. The lowest BCUT2D eigenvalue weighted by molar-refractivity contribution is 0.254. The molecule has 1 unspecified atom stereocenters. The van der Waals surface area contributed by atoms with Gasteiger partial charge < -0.3 is 10.8 Å². The van der Waals surface area contributed by atoms with Crippen LogP contribution in [0.4, 0.5) is 4.39 Å². The highest BCUT2D eigenvalue weighted by Gasteiger charge is 2.15. The van der Waals surface area contributed by atoms with Crippen LogP contribution in [0.3, 0.4) is 0 Å². The topological polar surface area (TPSA) is 49.5 Å². The van der Waals surface area contributed by atoms with Crippen LogP contribution in [0.1, 0.15) is 24.9 Å². The molecule has 1 atom stereocenters. The van der Waals surface area contributed by atoms with Crippen molar-refractivity contribution in [2.75, 3.05) is 20.1 Å². The Labute approximate surface area is 95.7 Å². The van der Waals surface area contributed by atoms with E-state index in [-0.39, 0.29) is 17.6 Å². The molecule has 90 valence electrons. The Morgan fingerprint density at radius 2 is 2.19 bits per heavy atom. The van der Waals surface area contributed by atoms with E-state index in [4.69, 9.17) is 10.8 Å². The molecule has 0 spiro atoms. The van der Waals surface area contributed by atoms with Gasteiger partial charge in [-0.15, -0.1) is 0 Å². The van der Waals surface area contributed by atoms with Crippen molar-refractivity contribution in [2.24, 2.45) is 5.73 Å². The van der Waals surface area contributed by atoms with Crippen molar-refractivity contribution in [2.45, 2.75) is 19.4 Å². The van der Waals surface area contributed by atoms with Crippen molar-refractivity contribution >= 4 is 0 Å². The molecule has 1 aromatic carbocycles. The van der Waals surface area contributed by atoms with Gasteiger partial charge >= 0.3 is 0 Å². The number of hydrogen-bond acceptors (Lipinski definition) is 3. The maximum absolute atomic E-state index is 13.6. The fraction of sp³-hybridized carbons (Fsp3) is 0.500. The van der Waals surface area contributed by atoms with Crippen LogP contribution in [0.15, 0.2) is 18.2 Å². The summed E-state index contributed by atoms with van der Waals surface area (Å²) in [5.41, 5.74) is 6.03. The van der Waals surface area contributed by atoms with Gasteiger partial charge in [0.1, 0.15) is 11.6 Å². The minimum absolute atomic E-state index is 0.0212. The second kappa shape index (κ2) is 5.82. The zero-order chi connectivity index (χ0) is 12.1. The third-order valence-corrected chi connectivity index (χ3v) is 2.81. The van der Waals surface area contributed by atoms with E-state index in [1.165, 1.54) is 6.07 Å². The Kier molecular flexibility index (Phi) is 4.71. The SMILES string of the molecule is CC(c1ccc(O)cc1F)N(C)CCCN. The average Bonchev–Trinajstić information content (AvgIpc) is 2.25. The number of benzene rings is 1. The Morgan fingerprint density at radius 3 is 2.75 bits per heavy atom. The average molecular weight is 226 g/mol. The molecule has 0 saturated carbocycles. The number of halogens is 1. The highest BCUT2D eigenvalue weighted by Crippen LogP contribution is 2.24. The fourth-order valence-electron chi connectivity index (χ4n) is 1.63. The number of phenols is 1. The summed E-state index contributed by atoms with van der Waals surface area (Å²) in [7, 11) is 1.94. The summed E-state index contributed by atoms with van der Waals surface area (Å²) in [6.45, 7) is 3.40. The zero-order valence-electron chi connectivity index (χ0n) is 9.78. The lowest BCUT2D eigenvalue weighted by Gasteiger charge is -2.25. The molecule has 1 rings (SSSR count). The maximum Gasteiger partial charge on any atom is 0.131 e. The van der Waals surface area contributed by atoms with E-state index in [0.717, 1.165) is 19.0 Å². The molecular weight excluding hydrogens is 207 g/mol. The van der Waals surface area contributed by atoms with E-state index >= 15 is 0 Å². The van der Waals surface area contributed by atoms with Gasteiger partial charge in [-0.3, -0.25) is 4.90 Å². The standard InChI is InChI=1S/C12H19FN2O/c1-9(15(2)7-3-6-14)11-5-4-10(16)8-12(11)13/h4-5,8-9,16H,3,6-7,14H2,1-2H3. The molecule has 0 aliphatic heterocycles. The molecule has 0 aromatic heterocycles. The molecule has 0 amide bonds. The molecule has 0 aliphatic rings. The molecule has 16 heavy (non-hydrogen) atoms. The Balaban J connectivity index is 2.75. The largest absolute Gasteiger partial charge is 0.508 e. The van der Waals surface area contributed by atoms with Crippen molar-refractivity contribution in [1.29, 1.82) is 0 Å². The molecule has 0 aliphatic carbocycles. The van der Waals surface area contributed by atoms with Gasteiger partial charge in [-0.25, -0.2) is 4.39 Å². The van der Waals surface area contributed by atoms with Crippen LogP contribution in [0, 0.1) is 5.82 Å². The van der Waals surface area contributed by atoms with Crippen molar-refractivity contribution < 1.29 is 9.50 Å². The summed E-state index contributed by atoms with van der Waals surface area (Å²) in [4.78, 5) is 2.04. The van der Waals surface area contributed by atoms with Gasteiger partial charge in [0.2, 0.25) is 0 Å². The first-order valence-electron chi connectivity index (χ1n) is 5.45. The number of aromatic hydroxyl groups is 1. The number of nitrogens with two attached hydrogens (primary N) is 1. The van der Waals surface area contributed by atoms with Crippen LogP contribution in [-0.2, 0) is 0 Å². The van der Waals surface area contributed by atoms with Gasteiger partial charge in [-0.2, -0.15) is 0 Å². The van der Waals surface area contributed by atoms with Gasteiger partial charge in [0, 0.05) is 17.7 Å². The summed E-state index contributed by atoms with van der Waals surface area (Å²) in [6, 6.07) is 4.25. The molecule has 0 bridgehead atoms. The van der Waals surface area contributed by atoms with Crippen LogP contribution in [0.5, 0.6) is 5.75 Å². The minimum atomic E-state index is -0.368. The van der Waals surface area contributed by atoms with Crippen LogP contribution in [-0.4, -0.2) is 30.1 Å². The predicted octanol–water partition coefficient (Wildman–Crippen LogP) is 1.87. The summed E-state index contributed by atoms with van der Waals surface area (Å²) >= 11 is 0. The Hall–Kier alpha value is -1.13. The van der Waals surface area contributed by atoms with E-state index in [0.29, 0.717) is 12.1 Å². The Morgan fingerprint density at radius 1 is 1.50 bits per heavy atom. The summed E-state index contributed by atoms with van der Waals surface area (Å²) < 4.78 is 13.6. The highest BCUT2D eigenvalue weighted by molar-refractivity contribution is 5.29. The molecule has 3 N–H and O–H groups in total. The Bertz CT molecular complexity index is 344. The number of nitrogens with zero attached hydrogens (tertiary/aromatic N) is 1. The third-order valence-electron chi connectivity index (χ3n) is 2.81. The van der Waals surface area contributed by atoms with Crippen LogP contribution < -0.4 is 5.73 Å². The van der Waals surface area contributed by atoms with E-state index in [9.17, 15) is 4.39 Å². The van der Waals surface area contributed by atoms with Gasteiger partial charge in [0.25, 0.3) is 0 Å². The molecule has 0 radical (unpaired) electrons. The molecule has 0 heterocycles. The maximum atomic E-state index is 13.6. The minimum Gasteiger partial charge on any atom is -0.508 e. The van der Waals surface area contributed by atoms with Gasteiger partial charge in [0.15, 0.2) is 0 Å². The fourth-order valence-corrected chi connectivity index (χ4v) is 1.63. The monoisotopic (exact) mass is 226 g/mol. The van der Waals surface area contributed by atoms with Gasteiger partial charge in [-0.05, 0) is 39.5 Å². The van der Waals surface area contributed by atoms with Gasteiger partial charge in [0.05, 0.1) is 0 Å². The van der Waals surface area contributed by atoms with Crippen molar-refractivity contribution in [3.8, 4) is 5.75 Å². The van der Waals surface area contributed by atoms with Crippen LogP contribution in [0.2, 0.25) is 0 Å². The zero-order valence-corrected chi connectivity index (χ0v) is 9.78. The highest BCUT2D eigenvalue weighted by atomic mass is 19.1. The summed E-state index contributed by atoms with van der Waals surface area (Å²) in [5, 5.41) is 9.13. The smallest absolute Gasteiger partial charge is 0.131 e. The van der Waals surface area contributed by atoms with Crippen molar-refractivity contribution in [1.82, 2.24) is 4.90 Å². The summed E-state index contributed by atoms with van der Waals surface area (Å²) in [6.07, 6.45) is 0.889. The molecule has 3 nitrogen and oxygen atoms in total. The number of phenolic OH excluding ortho intramolecular Hbond substituents is 1. The quantitative estimate of drug-likeness (QED) is 0.806. The first-order chi connectivity index (χ1) is 7.56. The third kappa shape index (κ3) is 3.18. The van der Waals surface area contributed by atoms with Crippen LogP contribution in [0.25, 0.3) is 0 Å². The second-order valence-electron chi connectivity index (χ2n) is 4.00. The van der Waals surface area contributed by atoms with Crippen molar-refractivity contribution in [3.05, 3.63) is 29.6 Å².